The van der Waals surface area contributed by atoms with Gasteiger partial charge in [-0.2, -0.15) is 10.2 Å². The van der Waals surface area contributed by atoms with Crippen LogP contribution >= 0.6 is 0 Å². The van der Waals surface area contributed by atoms with Gasteiger partial charge in [0.25, 0.3) is 0 Å². The molecule has 0 unspecified atom stereocenters. The largest absolute Gasteiger partial charge is 0.477 e. The number of nitrogens with one attached hydrogen (secondary N) is 1. The van der Waals surface area contributed by atoms with Crippen molar-refractivity contribution in [1.29, 1.82) is 5.26 Å². The van der Waals surface area contributed by atoms with E-state index in [4.69, 9.17) is 10.00 Å². The summed E-state index contributed by atoms with van der Waals surface area (Å²) < 4.78 is 5.18. The molecule has 60 valence electrons. The van der Waals surface area contributed by atoms with Gasteiger partial charge >= 0.3 is 0 Å². The zero-order chi connectivity index (χ0) is 8.39. The second-order valence-electron chi connectivity index (χ2n) is 2.36. The third-order valence-corrected chi connectivity index (χ3v) is 1.60. The smallest absolute Gasteiger partial charge is 0.239 e. The Morgan fingerprint density at radius 2 is 2.58 bits per heavy atom. The molecule has 1 aromatic heterocycles. The number of fused-ring (bicyclic) bond motifs is 1. The molecule has 1 aromatic rings. The molecule has 0 saturated carbocycles. The van der Waals surface area contributed by atoms with E-state index in [0.29, 0.717) is 12.5 Å². The Labute approximate surface area is 69.0 Å². The minimum absolute atomic E-state index is 0.290. The standard InChI is InChI=1S/C7H6N4O/c8-4-10-7-9-3-5-1-2-12-6(5)11-7/h3H,1-2H2,(H,9,10,11). The molecule has 12 heavy (non-hydrogen) atoms. The van der Waals surface area contributed by atoms with Crippen molar-refractivity contribution < 1.29 is 4.74 Å². The van der Waals surface area contributed by atoms with Gasteiger partial charge in [0.05, 0.1) is 6.61 Å². The monoisotopic (exact) mass is 162 g/mol. The lowest BCUT2D eigenvalue weighted by molar-refractivity contribution is 0.345. The van der Waals surface area contributed by atoms with E-state index in [-0.39, 0.29) is 5.95 Å². The first-order valence-corrected chi connectivity index (χ1v) is 3.54. The average Bonchev–Trinajstić information content (AvgIpc) is 2.51. The number of rotatable bonds is 1. The topological polar surface area (TPSA) is 70.8 Å². The quantitative estimate of drug-likeness (QED) is 0.475. The van der Waals surface area contributed by atoms with Crippen molar-refractivity contribution >= 4 is 5.95 Å². The highest BCUT2D eigenvalue weighted by atomic mass is 16.5. The molecule has 1 N–H and O–H groups in total. The molecule has 2 rings (SSSR count). The van der Waals surface area contributed by atoms with Crippen molar-refractivity contribution in [3.8, 4) is 12.1 Å². The SMILES string of the molecule is N#CNc1ncc2c(n1)OCC2. The Morgan fingerprint density at radius 3 is 3.42 bits per heavy atom. The summed E-state index contributed by atoms with van der Waals surface area (Å²) in [7, 11) is 0. The van der Waals surface area contributed by atoms with Crippen LogP contribution in [0, 0.1) is 11.5 Å². The molecule has 0 atom stereocenters. The molecule has 1 aliphatic rings. The predicted molar refractivity (Wildman–Crippen MR) is 40.5 cm³/mol. The first-order valence-electron chi connectivity index (χ1n) is 3.54. The molecule has 0 radical (unpaired) electrons. The Kier molecular flexibility index (Phi) is 1.52. The molecule has 1 aliphatic heterocycles. The second-order valence-corrected chi connectivity index (χ2v) is 2.36. The lowest BCUT2D eigenvalue weighted by Gasteiger charge is -1.98. The third-order valence-electron chi connectivity index (χ3n) is 1.60. The Bertz CT molecular complexity index is 344. The van der Waals surface area contributed by atoms with Crippen LogP contribution in [0.2, 0.25) is 0 Å². The summed E-state index contributed by atoms with van der Waals surface area (Å²) in [5.41, 5.74) is 0.999. The number of hydrogen-bond acceptors (Lipinski definition) is 5. The first-order chi connectivity index (χ1) is 5.90. The van der Waals surface area contributed by atoms with E-state index in [1.807, 2.05) is 0 Å². The maximum Gasteiger partial charge on any atom is 0.239 e. The van der Waals surface area contributed by atoms with Gasteiger partial charge in [-0.3, -0.25) is 5.32 Å². The number of aromatic nitrogens is 2. The lowest BCUT2D eigenvalue weighted by atomic mass is 10.3. The van der Waals surface area contributed by atoms with E-state index in [9.17, 15) is 0 Å². The van der Waals surface area contributed by atoms with Gasteiger partial charge < -0.3 is 4.74 Å². The number of nitrogens with zero attached hydrogens (tertiary/aromatic N) is 3. The van der Waals surface area contributed by atoms with Crippen LogP contribution in [-0.4, -0.2) is 16.6 Å². The van der Waals surface area contributed by atoms with Crippen molar-refractivity contribution in [2.75, 3.05) is 11.9 Å². The molecule has 2 heterocycles. The maximum atomic E-state index is 8.29. The highest BCUT2D eigenvalue weighted by molar-refractivity contribution is 5.37. The number of ether oxygens (including phenoxy) is 1. The van der Waals surface area contributed by atoms with Crippen molar-refractivity contribution in [3.05, 3.63) is 11.8 Å². The van der Waals surface area contributed by atoms with Gasteiger partial charge in [0.1, 0.15) is 0 Å². The lowest BCUT2D eigenvalue weighted by Crippen LogP contribution is -1.96. The Balaban J connectivity index is 2.34. The van der Waals surface area contributed by atoms with Gasteiger partial charge in [-0.25, -0.2) is 4.98 Å². The van der Waals surface area contributed by atoms with Crippen LogP contribution in [0.15, 0.2) is 6.20 Å². The van der Waals surface area contributed by atoms with Crippen LogP contribution in [0.4, 0.5) is 5.95 Å². The fraction of sp³-hybridized carbons (Fsp3) is 0.286. The maximum absolute atomic E-state index is 8.29. The number of anilines is 1. The average molecular weight is 162 g/mol. The molecule has 0 amide bonds. The summed E-state index contributed by atoms with van der Waals surface area (Å²) in [6.45, 7) is 0.653. The minimum atomic E-state index is 0.290. The molecule has 0 aromatic carbocycles. The Morgan fingerprint density at radius 1 is 1.67 bits per heavy atom. The van der Waals surface area contributed by atoms with Gasteiger partial charge in [-0.15, -0.1) is 0 Å². The highest BCUT2D eigenvalue weighted by Gasteiger charge is 2.14. The molecule has 0 fully saturated rings. The van der Waals surface area contributed by atoms with Gasteiger partial charge in [0.15, 0.2) is 6.19 Å². The summed E-state index contributed by atoms with van der Waals surface area (Å²) in [6.07, 6.45) is 4.27. The molecule has 0 aliphatic carbocycles. The normalized spacial score (nSPS) is 12.9. The second kappa shape index (κ2) is 2.66. The van der Waals surface area contributed by atoms with Crippen molar-refractivity contribution in [2.24, 2.45) is 0 Å². The van der Waals surface area contributed by atoms with E-state index in [1.165, 1.54) is 0 Å². The van der Waals surface area contributed by atoms with Crippen LogP contribution in [-0.2, 0) is 6.42 Å². The first kappa shape index (κ1) is 6.85. The summed E-state index contributed by atoms with van der Waals surface area (Å²) >= 11 is 0. The van der Waals surface area contributed by atoms with Crippen LogP contribution in [0.25, 0.3) is 0 Å². The van der Waals surface area contributed by atoms with E-state index in [2.05, 4.69) is 15.3 Å². The summed E-state index contributed by atoms with van der Waals surface area (Å²) in [5.74, 6) is 0.876. The van der Waals surface area contributed by atoms with Gasteiger partial charge in [-0.05, 0) is 0 Å². The van der Waals surface area contributed by atoms with Crippen LogP contribution in [0.1, 0.15) is 5.56 Å². The molecule has 0 spiro atoms. The van der Waals surface area contributed by atoms with Crippen LogP contribution in [0.3, 0.4) is 0 Å². The van der Waals surface area contributed by atoms with Crippen molar-refractivity contribution in [3.63, 3.8) is 0 Å². The van der Waals surface area contributed by atoms with Crippen molar-refractivity contribution in [1.82, 2.24) is 9.97 Å². The van der Waals surface area contributed by atoms with Crippen molar-refractivity contribution in [2.45, 2.75) is 6.42 Å². The highest BCUT2D eigenvalue weighted by Crippen LogP contribution is 2.21. The fourth-order valence-corrected chi connectivity index (χ4v) is 1.06. The Hall–Kier alpha value is -1.83. The molecular weight excluding hydrogens is 156 g/mol. The van der Waals surface area contributed by atoms with Gasteiger partial charge in [0.2, 0.25) is 11.8 Å². The van der Waals surface area contributed by atoms with E-state index >= 15 is 0 Å². The predicted octanol–water partition coefficient (Wildman–Crippen LogP) is 0.304. The van der Waals surface area contributed by atoms with Gasteiger partial charge in [0, 0.05) is 18.2 Å². The zero-order valence-electron chi connectivity index (χ0n) is 6.24. The number of hydrogen-bond donors (Lipinski definition) is 1. The van der Waals surface area contributed by atoms with Gasteiger partial charge in [-0.1, -0.05) is 0 Å². The van der Waals surface area contributed by atoms with E-state index in [0.717, 1.165) is 12.0 Å². The molecule has 0 bridgehead atoms. The fourth-order valence-electron chi connectivity index (χ4n) is 1.06. The number of nitriles is 1. The van der Waals surface area contributed by atoms with Crippen LogP contribution in [0.5, 0.6) is 5.88 Å². The molecular formula is C7H6N4O. The zero-order valence-corrected chi connectivity index (χ0v) is 6.24. The molecule has 5 heteroatoms. The minimum Gasteiger partial charge on any atom is -0.477 e. The van der Waals surface area contributed by atoms with E-state index < -0.39 is 0 Å². The third kappa shape index (κ3) is 1.03. The molecule has 0 saturated heterocycles. The van der Waals surface area contributed by atoms with Crippen LogP contribution < -0.4 is 10.1 Å². The summed E-state index contributed by atoms with van der Waals surface area (Å²) in [5, 5.41) is 10.6. The molecule has 5 nitrogen and oxygen atoms in total. The summed E-state index contributed by atoms with van der Waals surface area (Å²) in [6, 6.07) is 0. The summed E-state index contributed by atoms with van der Waals surface area (Å²) in [4.78, 5) is 7.89. The van der Waals surface area contributed by atoms with E-state index in [1.54, 1.807) is 12.4 Å².